The van der Waals surface area contributed by atoms with Gasteiger partial charge in [-0.2, -0.15) is 0 Å². The molecule has 20 atom stereocenters. The molecule has 0 amide bonds. The van der Waals surface area contributed by atoms with Gasteiger partial charge >= 0.3 is 0 Å². The quantitative estimate of drug-likeness (QED) is 0.0659. The van der Waals surface area contributed by atoms with Crippen LogP contribution >= 0.6 is 0 Å². The lowest BCUT2D eigenvalue weighted by Crippen LogP contribution is -2.60. The van der Waals surface area contributed by atoms with Gasteiger partial charge in [-0.25, -0.2) is 0 Å². The molecule has 306 valence electrons. The number of methoxy groups -OCH3 is 1. The maximum absolute atomic E-state index is 11.3. The fraction of sp³-hybridized carbons (Fsp3) is 1.00. The lowest BCUT2D eigenvalue weighted by atomic mass is 9.82. The summed E-state index contributed by atoms with van der Waals surface area (Å²) in [7, 11) is 1.45. The standard InChI is InChI=1S/C33H60O19/c1-4-18-29(41)28(40)15(19(5-34)49-18)8-46-13-24-27(39)17(26(38)20(6-35)50-24)9-47-12-22-14(2)25(37)16(23(51-22)11-45-3)10-48-33-32(44)31(43)30(42)21(7-36)52-33/h14-44H,4-13H2,1-3H3. The Bertz CT molecular complexity index is 1030. The summed E-state index contributed by atoms with van der Waals surface area (Å²) in [6.45, 7) is 1.16. The third-order valence-electron chi connectivity index (χ3n) is 11.0. The van der Waals surface area contributed by atoms with Gasteiger partial charge in [-0.1, -0.05) is 13.8 Å². The van der Waals surface area contributed by atoms with Crippen molar-refractivity contribution in [1.82, 2.24) is 0 Å². The second-order valence-corrected chi connectivity index (χ2v) is 14.3. The number of hydrogen-bond donors (Lipinski definition) is 11. The SMILES string of the molecule is CCC1OC(CO)C(COCC2OC(CO)C(O)C(COCC3OC(COC)C(COC4OC(CO)C(O)C(O)C4O)C(O)C3C)C2O)C(O)C1O. The van der Waals surface area contributed by atoms with Crippen molar-refractivity contribution in [2.45, 2.75) is 118 Å². The van der Waals surface area contributed by atoms with E-state index in [-0.39, 0.29) is 39.6 Å². The topological polar surface area (TPSA) is 296 Å². The second-order valence-electron chi connectivity index (χ2n) is 14.3. The van der Waals surface area contributed by atoms with Crippen LogP contribution in [0.4, 0.5) is 0 Å². The van der Waals surface area contributed by atoms with Crippen LogP contribution in [0, 0.1) is 23.7 Å². The highest BCUT2D eigenvalue weighted by Gasteiger charge is 2.49. The molecule has 4 fully saturated rings. The molecule has 0 bridgehead atoms. The molecule has 20 unspecified atom stereocenters. The van der Waals surface area contributed by atoms with Gasteiger partial charge in [0, 0.05) is 30.8 Å². The molecular formula is C33H60O19. The highest BCUT2D eigenvalue weighted by atomic mass is 16.7. The van der Waals surface area contributed by atoms with Crippen LogP contribution in [0.25, 0.3) is 0 Å². The molecule has 19 heteroatoms. The van der Waals surface area contributed by atoms with E-state index < -0.39 is 141 Å². The molecule has 4 heterocycles. The monoisotopic (exact) mass is 760 g/mol. The van der Waals surface area contributed by atoms with Crippen LogP contribution in [0.5, 0.6) is 0 Å². The third-order valence-corrected chi connectivity index (χ3v) is 11.0. The zero-order valence-corrected chi connectivity index (χ0v) is 29.8. The molecule has 11 N–H and O–H groups in total. The van der Waals surface area contributed by atoms with Gasteiger partial charge in [-0.3, -0.25) is 0 Å². The molecule has 52 heavy (non-hydrogen) atoms. The summed E-state index contributed by atoms with van der Waals surface area (Å²) in [5.74, 6) is -2.91. The van der Waals surface area contributed by atoms with Gasteiger partial charge in [0.25, 0.3) is 0 Å². The summed E-state index contributed by atoms with van der Waals surface area (Å²) in [6, 6.07) is 0. The number of ether oxygens (including phenoxy) is 8. The van der Waals surface area contributed by atoms with Crippen molar-refractivity contribution >= 4 is 0 Å². The first-order chi connectivity index (χ1) is 24.8. The Labute approximate surface area is 302 Å². The van der Waals surface area contributed by atoms with Gasteiger partial charge in [-0.15, -0.1) is 0 Å². The number of aliphatic hydroxyl groups is 11. The van der Waals surface area contributed by atoms with Crippen molar-refractivity contribution in [1.29, 1.82) is 0 Å². The average molecular weight is 761 g/mol. The van der Waals surface area contributed by atoms with Crippen LogP contribution in [0.2, 0.25) is 0 Å². The van der Waals surface area contributed by atoms with Gasteiger partial charge in [0.1, 0.15) is 42.7 Å². The molecule has 4 aliphatic rings. The van der Waals surface area contributed by atoms with Crippen molar-refractivity contribution in [2.75, 3.05) is 66.6 Å². The summed E-state index contributed by atoms with van der Waals surface area (Å²) in [5.41, 5.74) is 0. The lowest BCUT2D eigenvalue weighted by molar-refractivity contribution is -0.310. The van der Waals surface area contributed by atoms with E-state index in [1.54, 1.807) is 13.8 Å². The molecule has 0 spiro atoms. The smallest absolute Gasteiger partial charge is 0.186 e. The van der Waals surface area contributed by atoms with Crippen molar-refractivity contribution in [2.24, 2.45) is 23.7 Å². The molecule has 0 aromatic rings. The first-order valence-electron chi connectivity index (χ1n) is 18.0. The van der Waals surface area contributed by atoms with E-state index in [1.165, 1.54) is 7.11 Å². The van der Waals surface area contributed by atoms with Crippen molar-refractivity contribution < 1.29 is 94.1 Å². The first kappa shape index (κ1) is 44.0. The summed E-state index contributed by atoms with van der Waals surface area (Å²) < 4.78 is 45.8. The van der Waals surface area contributed by atoms with Crippen LogP contribution in [-0.2, 0) is 37.9 Å². The fourth-order valence-electron chi connectivity index (χ4n) is 7.50. The van der Waals surface area contributed by atoms with Crippen LogP contribution in [0.15, 0.2) is 0 Å². The Hall–Kier alpha value is -0.760. The van der Waals surface area contributed by atoms with Crippen molar-refractivity contribution in [3.05, 3.63) is 0 Å². The largest absolute Gasteiger partial charge is 0.394 e. The van der Waals surface area contributed by atoms with E-state index in [4.69, 9.17) is 37.9 Å². The van der Waals surface area contributed by atoms with E-state index >= 15 is 0 Å². The van der Waals surface area contributed by atoms with E-state index in [2.05, 4.69) is 0 Å². The Kier molecular flexibility index (Phi) is 17.3. The predicted octanol–water partition coefficient (Wildman–Crippen LogP) is -5.53. The number of rotatable bonds is 17. The van der Waals surface area contributed by atoms with Crippen molar-refractivity contribution in [3.8, 4) is 0 Å². The van der Waals surface area contributed by atoms with Crippen LogP contribution in [0.1, 0.15) is 20.3 Å². The highest BCUT2D eigenvalue weighted by molar-refractivity contribution is 4.95. The summed E-state index contributed by atoms with van der Waals surface area (Å²) >= 11 is 0. The Balaban J connectivity index is 1.31. The molecule has 0 aliphatic carbocycles. The van der Waals surface area contributed by atoms with Gasteiger partial charge in [0.2, 0.25) is 0 Å². The van der Waals surface area contributed by atoms with Crippen molar-refractivity contribution in [3.63, 3.8) is 0 Å². The first-order valence-corrected chi connectivity index (χ1v) is 18.0. The van der Waals surface area contributed by atoms with Gasteiger partial charge in [-0.05, 0) is 6.42 Å². The molecule has 0 aromatic heterocycles. The molecule has 0 aromatic carbocycles. The predicted molar refractivity (Wildman–Crippen MR) is 173 cm³/mol. The molecule has 0 radical (unpaired) electrons. The highest BCUT2D eigenvalue weighted by Crippen LogP contribution is 2.34. The maximum atomic E-state index is 11.3. The van der Waals surface area contributed by atoms with Crippen LogP contribution in [-0.4, -0.2) is 221 Å². The lowest BCUT2D eigenvalue weighted by Gasteiger charge is -2.45. The van der Waals surface area contributed by atoms with Gasteiger partial charge in [0.05, 0.1) is 108 Å². The maximum Gasteiger partial charge on any atom is 0.186 e. The van der Waals surface area contributed by atoms with E-state index in [9.17, 15) is 56.2 Å². The summed E-state index contributed by atoms with van der Waals surface area (Å²) in [5, 5.41) is 114. The Morgan fingerprint density at radius 1 is 0.442 bits per heavy atom. The molecular weight excluding hydrogens is 700 g/mol. The zero-order chi connectivity index (χ0) is 38.3. The molecule has 19 nitrogen and oxygen atoms in total. The Morgan fingerprint density at radius 3 is 1.58 bits per heavy atom. The average Bonchev–Trinajstić information content (AvgIpc) is 3.14. The third kappa shape index (κ3) is 9.96. The minimum atomic E-state index is -1.63. The van der Waals surface area contributed by atoms with E-state index in [1.807, 2.05) is 0 Å². The minimum Gasteiger partial charge on any atom is -0.394 e. The van der Waals surface area contributed by atoms with Crippen LogP contribution in [0.3, 0.4) is 0 Å². The Morgan fingerprint density at radius 2 is 0.962 bits per heavy atom. The summed E-state index contributed by atoms with van der Waals surface area (Å²) in [4.78, 5) is 0. The summed E-state index contributed by atoms with van der Waals surface area (Å²) in [6.07, 6.45) is -17.9. The zero-order valence-electron chi connectivity index (χ0n) is 29.8. The van der Waals surface area contributed by atoms with Gasteiger partial charge in [0.15, 0.2) is 6.29 Å². The second kappa shape index (κ2) is 20.4. The van der Waals surface area contributed by atoms with Gasteiger partial charge < -0.3 is 94.1 Å². The molecule has 4 saturated heterocycles. The number of aliphatic hydroxyl groups excluding tert-OH is 11. The normalized spacial score (nSPS) is 47.4. The molecule has 4 rings (SSSR count). The molecule has 0 saturated carbocycles. The number of hydrogen-bond acceptors (Lipinski definition) is 19. The van der Waals surface area contributed by atoms with E-state index in [0.717, 1.165) is 0 Å². The fourth-order valence-corrected chi connectivity index (χ4v) is 7.50. The minimum absolute atomic E-state index is 0.0431. The van der Waals surface area contributed by atoms with Crippen LogP contribution < -0.4 is 0 Å². The van der Waals surface area contributed by atoms with E-state index in [0.29, 0.717) is 6.42 Å². The molecule has 4 aliphatic heterocycles.